The number of fused-ring (bicyclic) bond motifs is 1. The molecule has 0 spiro atoms. The van der Waals surface area contributed by atoms with Crippen LogP contribution in [0.1, 0.15) is 17.0 Å². The van der Waals surface area contributed by atoms with Crippen LogP contribution in [0.5, 0.6) is 0 Å². The highest BCUT2D eigenvalue weighted by atomic mass is 35.5. The minimum absolute atomic E-state index is 0.0188. The van der Waals surface area contributed by atoms with Crippen LogP contribution in [0.2, 0.25) is 15.1 Å². The number of benzene rings is 3. The zero-order chi connectivity index (χ0) is 24.6. The first-order valence-electron chi connectivity index (χ1n) is 9.63. The largest absolute Gasteiger partial charge is 0.369 e. The number of amides is 1. The second kappa shape index (κ2) is 9.30. The van der Waals surface area contributed by atoms with Crippen molar-refractivity contribution in [2.45, 2.75) is 5.92 Å². The van der Waals surface area contributed by atoms with Gasteiger partial charge in [0.2, 0.25) is 11.9 Å². The van der Waals surface area contributed by atoms with Gasteiger partial charge in [-0.2, -0.15) is 0 Å². The highest BCUT2D eigenvalue weighted by Crippen LogP contribution is 2.34. The van der Waals surface area contributed by atoms with Crippen LogP contribution in [0.25, 0.3) is 10.9 Å². The van der Waals surface area contributed by atoms with E-state index in [4.69, 9.17) is 40.5 Å². The van der Waals surface area contributed by atoms with Crippen molar-refractivity contribution in [2.24, 2.45) is 5.73 Å². The minimum Gasteiger partial charge on any atom is -0.369 e. The number of carbonyl (C=O) groups excluding carboxylic acids is 1. The van der Waals surface area contributed by atoms with Crippen molar-refractivity contribution in [3.05, 3.63) is 101 Å². The third kappa shape index (κ3) is 4.67. The van der Waals surface area contributed by atoms with Gasteiger partial charge >= 0.3 is 0 Å². The molecule has 0 aliphatic carbocycles. The van der Waals surface area contributed by atoms with E-state index in [1.54, 1.807) is 36.4 Å². The van der Waals surface area contributed by atoms with Gasteiger partial charge in [0.15, 0.2) is 0 Å². The van der Waals surface area contributed by atoms with Crippen molar-refractivity contribution in [1.82, 2.24) is 9.97 Å². The molecule has 1 aromatic heterocycles. The van der Waals surface area contributed by atoms with Crippen LogP contribution in [-0.2, 0) is 4.79 Å². The predicted molar refractivity (Wildman–Crippen MR) is 131 cm³/mol. The van der Waals surface area contributed by atoms with E-state index in [0.717, 1.165) is 6.07 Å². The molecule has 1 unspecified atom stereocenters. The highest BCUT2D eigenvalue weighted by molar-refractivity contribution is 6.42. The van der Waals surface area contributed by atoms with Crippen LogP contribution in [0, 0.1) is 10.1 Å². The molecule has 4 aromatic rings. The molecule has 1 amide bonds. The summed E-state index contributed by atoms with van der Waals surface area (Å²) in [7, 11) is 0. The van der Waals surface area contributed by atoms with Crippen molar-refractivity contribution < 1.29 is 9.72 Å². The lowest BCUT2D eigenvalue weighted by molar-refractivity contribution is -0.384. The molecule has 34 heavy (non-hydrogen) atoms. The lowest BCUT2D eigenvalue weighted by atomic mass is 9.89. The minimum atomic E-state index is -1.13. The van der Waals surface area contributed by atoms with Gasteiger partial charge < -0.3 is 11.1 Å². The summed E-state index contributed by atoms with van der Waals surface area (Å²) < 4.78 is 0. The Morgan fingerprint density at radius 2 is 1.76 bits per heavy atom. The Morgan fingerprint density at radius 3 is 2.38 bits per heavy atom. The zero-order valence-corrected chi connectivity index (χ0v) is 19.3. The van der Waals surface area contributed by atoms with Gasteiger partial charge in [0, 0.05) is 28.4 Å². The lowest BCUT2D eigenvalue weighted by Gasteiger charge is -2.17. The van der Waals surface area contributed by atoms with Gasteiger partial charge in [-0.3, -0.25) is 24.7 Å². The summed E-state index contributed by atoms with van der Waals surface area (Å²) in [6, 6.07) is 13.3. The van der Waals surface area contributed by atoms with E-state index in [0.29, 0.717) is 21.3 Å². The summed E-state index contributed by atoms with van der Waals surface area (Å²) in [5.41, 5.74) is 5.72. The summed E-state index contributed by atoms with van der Waals surface area (Å²) in [5.74, 6) is -1.90. The van der Waals surface area contributed by atoms with Crippen LogP contribution < -0.4 is 16.6 Å². The van der Waals surface area contributed by atoms with E-state index in [-0.39, 0.29) is 33.1 Å². The van der Waals surface area contributed by atoms with E-state index in [1.807, 2.05) is 0 Å². The van der Waals surface area contributed by atoms with Crippen molar-refractivity contribution in [2.75, 3.05) is 5.32 Å². The van der Waals surface area contributed by atoms with Gasteiger partial charge in [-0.1, -0.05) is 46.9 Å². The number of non-ortho nitro benzene ring substituents is 1. The maximum Gasteiger partial charge on any atom is 0.270 e. The third-order valence-corrected chi connectivity index (χ3v) is 6.01. The quantitative estimate of drug-likeness (QED) is 0.238. The zero-order valence-electron chi connectivity index (χ0n) is 17.0. The van der Waals surface area contributed by atoms with E-state index in [1.165, 1.54) is 12.1 Å². The van der Waals surface area contributed by atoms with Crippen molar-refractivity contribution >= 4 is 68.9 Å². The molecule has 0 bridgehead atoms. The van der Waals surface area contributed by atoms with Crippen LogP contribution in [0.15, 0.2) is 59.4 Å². The number of nitro benzene ring substituents is 1. The fraction of sp³-hybridized carbons (Fsp3) is 0.0455. The first-order chi connectivity index (χ1) is 16.1. The molecule has 0 saturated carbocycles. The molecule has 0 fully saturated rings. The Hall–Kier alpha value is -3.66. The summed E-state index contributed by atoms with van der Waals surface area (Å²) >= 11 is 17.9. The standard InChI is InChI=1S/C22H14Cl3N5O4/c23-11-3-1-10(2-4-11)18(20(26)31)14-8-13(30(33)34)9-15-19(14)28-22(29-21(15)32)27-12-5-6-16(24)17(25)7-12/h1-9,18H,(H2,26,31)(H2,27,28,29,32). The van der Waals surface area contributed by atoms with Crippen LogP contribution in [0.3, 0.4) is 0 Å². The average Bonchev–Trinajstić information content (AvgIpc) is 2.77. The van der Waals surface area contributed by atoms with Gasteiger partial charge in [0.05, 0.1) is 31.8 Å². The predicted octanol–water partition coefficient (Wildman–Crippen LogP) is 5.15. The van der Waals surface area contributed by atoms with Crippen LogP contribution >= 0.6 is 34.8 Å². The topological polar surface area (TPSA) is 144 Å². The molecular weight excluding hydrogens is 505 g/mol. The molecule has 4 rings (SSSR count). The van der Waals surface area contributed by atoms with Crippen LogP contribution in [0.4, 0.5) is 17.3 Å². The Labute approximate surface area is 206 Å². The van der Waals surface area contributed by atoms with Gasteiger partial charge in [-0.05, 0) is 35.9 Å². The normalized spacial score (nSPS) is 11.9. The van der Waals surface area contributed by atoms with Crippen LogP contribution in [-0.4, -0.2) is 20.8 Å². The van der Waals surface area contributed by atoms with E-state index in [9.17, 15) is 19.7 Å². The Bertz CT molecular complexity index is 1510. The average molecular weight is 519 g/mol. The number of hydrogen-bond donors (Lipinski definition) is 3. The molecule has 172 valence electrons. The molecule has 0 aliphatic heterocycles. The lowest BCUT2D eigenvalue weighted by Crippen LogP contribution is -2.24. The number of hydrogen-bond acceptors (Lipinski definition) is 6. The number of nitrogens with zero attached hydrogens (tertiary/aromatic N) is 2. The molecule has 1 atom stereocenters. The fourth-order valence-corrected chi connectivity index (χ4v) is 3.93. The number of halogens is 3. The molecule has 0 saturated heterocycles. The number of carbonyl (C=O) groups is 1. The Balaban J connectivity index is 1.95. The van der Waals surface area contributed by atoms with Gasteiger partial charge in [-0.25, -0.2) is 4.98 Å². The van der Waals surface area contributed by atoms with Crippen molar-refractivity contribution in [1.29, 1.82) is 0 Å². The monoisotopic (exact) mass is 517 g/mol. The third-order valence-electron chi connectivity index (χ3n) is 5.02. The van der Waals surface area contributed by atoms with Gasteiger partial charge in [0.25, 0.3) is 11.2 Å². The number of H-pyrrole nitrogens is 1. The number of nitro groups is 1. The van der Waals surface area contributed by atoms with Gasteiger partial charge in [0.1, 0.15) is 0 Å². The maximum absolute atomic E-state index is 12.9. The Morgan fingerprint density at radius 1 is 1.06 bits per heavy atom. The maximum atomic E-state index is 12.9. The van der Waals surface area contributed by atoms with E-state index >= 15 is 0 Å². The second-order valence-corrected chi connectivity index (χ2v) is 8.49. The number of aromatic nitrogens is 2. The van der Waals surface area contributed by atoms with Crippen molar-refractivity contribution in [3.63, 3.8) is 0 Å². The molecule has 0 radical (unpaired) electrons. The molecule has 9 nitrogen and oxygen atoms in total. The summed E-state index contributed by atoms with van der Waals surface area (Å²) in [5, 5.41) is 15.4. The second-order valence-electron chi connectivity index (χ2n) is 7.24. The molecule has 1 heterocycles. The number of primary amides is 1. The first-order valence-corrected chi connectivity index (χ1v) is 10.8. The van der Waals surface area contributed by atoms with E-state index in [2.05, 4.69) is 15.3 Å². The number of nitrogens with one attached hydrogen (secondary N) is 2. The number of rotatable bonds is 6. The fourth-order valence-electron chi connectivity index (χ4n) is 3.50. The molecular formula is C22H14Cl3N5O4. The number of anilines is 2. The van der Waals surface area contributed by atoms with Crippen molar-refractivity contribution in [3.8, 4) is 0 Å². The molecule has 3 aromatic carbocycles. The number of aromatic amines is 1. The first kappa shape index (κ1) is 23.5. The van der Waals surface area contributed by atoms with E-state index < -0.39 is 22.3 Å². The highest BCUT2D eigenvalue weighted by Gasteiger charge is 2.27. The van der Waals surface area contributed by atoms with Gasteiger partial charge in [-0.15, -0.1) is 0 Å². The number of nitrogens with two attached hydrogens (primary N) is 1. The summed E-state index contributed by atoms with van der Waals surface area (Å²) in [6.45, 7) is 0. The molecule has 0 aliphatic rings. The SMILES string of the molecule is NC(=O)C(c1ccc(Cl)cc1)c1cc([N+](=O)[O-])cc2c(=O)[nH]c(Nc3ccc(Cl)c(Cl)c3)nc12. The summed E-state index contributed by atoms with van der Waals surface area (Å²) in [4.78, 5) is 43.2. The summed E-state index contributed by atoms with van der Waals surface area (Å²) in [6.07, 6.45) is 0. The molecule has 4 N–H and O–H groups in total. The molecule has 12 heteroatoms. The smallest absolute Gasteiger partial charge is 0.270 e. The Kier molecular flexibility index (Phi) is 6.43.